The molecular weight excluding hydrogens is 516 g/mol. The van der Waals surface area contributed by atoms with E-state index in [4.69, 9.17) is 13.9 Å². The Hall–Kier alpha value is -0.620. The Kier molecular flexibility index (Phi) is 3.35. The summed E-state index contributed by atoms with van der Waals surface area (Å²) in [6, 6.07) is 1.66. The van der Waals surface area contributed by atoms with Gasteiger partial charge >= 0.3 is 148 Å². The predicted molar refractivity (Wildman–Crippen MR) is 68.1 cm³/mol. The van der Waals surface area contributed by atoms with Crippen molar-refractivity contribution < 1.29 is 66.2 Å². The van der Waals surface area contributed by atoms with Crippen LogP contribution in [0, 0.1) is 0 Å². The van der Waals surface area contributed by atoms with Gasteiger partial charge in [0.1, 0.15) is 0 Å². The normalized spacial score (nSPS) is 24.0. The molecule has 120 valence electrons. The molecule has 3 unspecified atom stereocenters. The molecule has 1 saturated heterocycles. The first-order chi connectivity index (χ1) is 10.5. The number of halogens is 2. The second-order valence-corrected chi connectivity index (χ2v) is 11.2. The third-order valence-electron chi connectivity index (χ3n) is 4.04. The van der Waals surface area contributed by atoms with Crippen molar-refractivity contribution in [2.75, 3.05) is 4.93 Å². The molecule has 0 saturated carbocycles. The standard InChI is InChI=1S/C14H13I2NO5/c1-5(20-13(19)14(2,15-3)12-16-17-12)8-7-4-6-9(21-7)10(8)22-11(6)18/h4-5,12,17H,1-3H3/q-2. The van der Waals surface area contributed by atoms with E-state index in [1.54, 1.807) is 13.0 Å². The summed E-state index contributed by atoms with van der Waals surface area (Å²) in [6.45, 7) is 3.78. The third-order valence-corrected chi connectivity index (χ3v) is 11.0. The summed E-state index contributed by atoms with van der Waals surface area (Å²) < 4.78 is 19.7. The Bertz CT molecular complexity index is 783. The van der Waals surface area contributed by atoms with E-state index in [0.29, 0.717) is 32.1 Å². The summed E-state index contributed by atoms with van der Waals surface area (Å²) in [6.07, 6.45) is -0.495. The van der Waals surface area contributed by atoms with E-state index in [2.05, 4.69) is 8.46 Å². The molecule has 0 aliphatic carbocycles. The van der Waals surface area contributed by atoms with Gasteiger partial charge in [0.25, 0.3) is 0 Å². The number of benzene rings is 1. The van der Waals surface area contributed by atoms with Gasteiger partial charge in [0, 0.05) is 0 Å². The molecule has 3 atom stereocenters. The number of carbonyl (C=O) groups is 2. The van der Waals surface area contributed by atoms with Crippen LogP contribution in [0.25, 0.3) is 11.2 Å². The summed E-state index contributed by atoms with van der Waals surface area (Å²) in [5.41, 5.74) is 2.16. The number of nitrogens with one attached hydrogen (secondary N) is 1. The zero-order chi connectivity index (χ0) is 15.6. The van der Waals surface area contributed by atoms with Crippen LogP contribution < -0.4 is 51.0 Å². The van der Waals surface area contributed by atoms with Crippen LogP contribution in [-0.4, -0.2) is 24.3 Å². The Morgan fingerprint density at radius 3 is 2.95 bits per heavy atom. The Labute approximate surface area is 147 Å². The molecule has 6 nitrogen and oxygen atoms in total. The van der Waals surface area contributed by atoms with Gasteiger partial charge < -0.3 is 0 Å². The number of alkyl halides is 3. The van der Waals surface area contributed by atoms with E-state index in [9.17, 15) is 9.59 Å². The van der Waals surface area contributed by atoms with Crippen LogP contribution in [-0.2, 0) is 9.53 Å². The predicted octanol–water partition coefficient (Wildman–Crippen LogP) is -4.58. The van der Waals surface area contributed by atoms with E-state index >= 15 is 0 Å². The number of fused-ring (bicyclic) bond motifs is 1. The first-order valence-corrected chi connectivity index (χ1v) is 12.2. The first kappa shape index (κ1) is 14.9. The number of hydrogen-bond donors (Lipinski definition) is 1. The van der Waals surface area contributed by atoms with E-state index < -0.39 is 12.1 Å². The van der Waals surface area contributed by atoms with E-state index in [-0.39, 0.29) is 52.1 Å². The zero-order valence-corrected chi connectivity index (χ0v) is 16.3. The summed E-state index contributed by atoms with van der Waals surface area (Å²) >= 11 is -0.350. The van der Waals surface area contributed by atoms with Crippen LogP contribution in [0.1, 0.15) is 35.9 Å². The molecule has 8 heteroatoms. The topological polar surface area (TPSA) is 87.7 Å². The number of furan rings is 2. The molecule has 2 bridgehead atoms. The van der Waals surface area contributed by atoms with Crippen LogP contribution >= 0.6 is 0 Å². The number of hydrogen-bond acceptors (Lipinski definition) is 6. The van der Waals surface area contributed by atoms with Crippen molar-refractivity contribution in [3.05, 3.63) is 17.2 Å². The molecule has 1 N–H and O–H groups in total. The van der Waals surface area contributed by atoms with Gasteiger partial charge in [-0.15, -0.1) is 0 Å². The molecule has 2 aliphatic rings. The SMILES string of the molecule is C[I-]C(C)(C(=O)OC(C)c1c2c3oc1cc3C(=O)O2)C1N[I-]1. The Balaban J connectivity index is 1.59. The van der Waals surface area contributed by atoms with Crippen molar-refractivity contribution in [2.45, 2.75) is 27.4 Å². The van der Waals surface area contributed by atoms with E-state index in [1.807, 2.05) is 6.92 Å². The second kappa shape index (κ2) is 4.94. The fourth-order valence-corrected chi connectivity index (χ4v) is 8.44. The van der Waals surface area contributed by atoms with Gasteiger partial charge in [0.2, 0.25) is 0 Å². The van der Waals surface area contributed by atoms with Crippen molar-refractivity contribution in [1.29, 1.82) is 0 Å². The summed E-state index contributed by atoms with van der Waals surface area (Å²) in [5.74, 6) is -0.146. The third kappa shape index (κ3) is 1.99. The van der Waals surface area contributed by atoms with Crippen LogP contribution in [0.15, 0.2) is 10.5 Å². The summed E-state index contributed by atoms with van der Waals surface area (Å²) in [4.78, 5) is 26.3. The van der Waals surface area contributed by atoms with Gasteiger partial charge in [-0.25, -0.2) is 0 Å². The van der Waals surface area contributed by atoms with E-state index in [0.717, 1.165) is 0 Å². The van der Waals surface area contributed by atoms with Gasteiger partial charge in [0.05, 0.1) is 0 Å². The quantitative estimate of drug-likeness (QED) is 0.105. The van der Waals surface area contributed by atoms with Gasteiger partial charge in [-0.1, -0.05) is 0 Å². The van der Waals surface area contributed by atoms with E-state index in [1.165, 1.54) is 0 Å². The fraction of sp³-hybridized carbons (Fsp3) is 0.429. The molecule has 0 radical (unpaired) electrons. The molecule has 4 heterocycles. The maximum absolute atomic E-state index is 12.6. The maximum atomic E-state index is 12.6. The van der Waals surface area contributed by atoms with Crippen LogP contribution in [0.5, 0.6) is 5.75 Å². The number of esters is 2. The monoisotopic (exact) mass is 529 g/mol. The number of rotatable bonds is 5. The first-order valence-electron chi connectivity index (χ1n) is 6.66. The zero-order valence-electron chi connectivity index (χ0n) is 12.0. The van der Waals surface area contributed by atoms with Crippen LogP contribution in [0.4, 0.5) is 0 Å². The average molecular weight is 529 g/mol. The van der Waals surface area contributed by atoms with Crippen molar-refractivity contribution in [1.82, 2.24) is 3.53 Å². The van der Waals surface area contributed by atoms with Crippen molar-refractivity contribution in [3.8, 4) is 5.75 Å². The van der Waals surface area contributed by atoms with Crippen molar-refractivity contribution >= 4 is 23.1 Å². The molecule has 2 aliphatic heterocycles. The minimum atomic E-state index is -0.495. The fourth-order valence-electron chi connectivity index (χ4n) is 2.56. The Morgan fingerprint density at radius 1 is 1.59 bits per heavy atom. The minimum absolute atomic E-state index is 0.0576. The summed E-state index contributed by atoms with van der Waals surface area (Å²) in [7, 11) is 0. The molecular formula is C14H13I2NO5-2. The van der Waals surface area contributed by atoms with Crippen LogP contribution in [0.2, 0.25) is 0 Å². The van der Waals surface area contributed by atoms with Gasteiger partial charge in [-0.3, -0.25) is 0 Å². The molecule has 4 rings (SSSR count). The van der Waals surface area contributed by atoms with Crippen molar-refractivity contribution in [2.24, 2.45) is 0 Å². The van der Waals surface area contributed by atoms with Gasteiger partial charge in [-0.05, 0) is 0 Å². The molecule has 0 amide bonds. The molecule has 1 fully saturated rings. The molecule has 22 heavy (non-hydrogen) atoms. The molecule has 2 aromatic heterocycles. The van der Waals surface area contributed by atoms with Gasteiger partial charge in [0.15, 0.2) is 0 Å². The molecule has 2 aromatic rings. The average Bonchev–Trinajstić information content (AvgIpc) is 3.12. The number of carbonyl (C=O) groups excluding carboxylic acids is 2. The van der Waals surface area contributed by atoms with Crippen molar-refractivity contribution in [3.63, 3.8) is 0 Å². The molecule has 0 spiro atoms. The van der Waals surface area contributed by atoms with Crippen LogP contribution in [0.3, 0.4) is 0 Å². The number of ether oxygens (including phenoxy) is 2. The second-order valence-electron chi connectivity index (χ2n) is 5.38. The Morgan fingerprint density at radius 2 is 2.32 bits per heavy atom. The molecule has 0 aromatic carbocycles. The van der Waals surface area contributed by atoms with Gasteiger partial charge in [-0.2, -0.15) is 0 Å². The summed E-state index contributed by atoms with van der Waals surface area (Å²) in [5, 5.41) is 0.